The summed E-state index contributed by atoms with van der Waals surface area (Å²) in [5.74, 6) is -0.494. The van der Waals surface area contributed by atoms with E-state index in [0.717, 1.165) is 29.8 Å². The number of aliphatic carboxylic acids is 1. The molecule has 0 saturated carbocycles. The van der Waals surface area contributed by atoms with E-state index < -0.39 is 11.9 Å². The lowest BCUT2D eigenvalue weighted by atomic mass is 9.97. The molecule has 5 rings (SSSR count). The number of benzene rings is 1. The van der Waals surface area contributed by atoms with E-state index in [9.17, 15) is 14.7 Å². The van der Waals surface area contributed by atoms with Gasteiger partial charge in [0.1, 0.15) is 11.5 Å². The van der Waals surface area contributed by atoms with Crippen molar-refractivity contribution < 1.29 is 19.4 Å². The summed E-state index contributed by atoms with van der Waals surface area (Å²) >= 11 is 14.3. The monoisotopic (exact) mass is 618 g/mol. The van der Waals surface area contributed by atoms with E-state index in [1.807, 2.05) is 4.90 Å². The zero-order valence-corrected chi connectivity index (χ0v) is 25.2. The van der Waals surface area contributed by atoms with Crippen LogP contribution in [-0.4, -0.2) is 69.6 Å². The number of aromatic nitrogens is 3. The molecule has 2 aromatic heterocycles. The van der Waals surface area contributed by atoms with Gasteiger partial charge in [0.25, 0.3) is 5.91 Å². The molecule has 0 aliphatic carbocycles. The van der Waals surface area contributed by atoms with Crippen LogP contribution in [0.1, 0.15) is 54.4 Å². The van der Waals surface area contributed by atoms with Gasteiger partial charge >= 0.3 is 5.97 Å². The van der Waals surface area contributed by atoms with Crippen molar-refractivity contribution in [2.75, 3.05) is 37.0 Å². The molecule has 1 amide bonds. The third kappa shape index (κ3) is 6.74. The van der Waals surface area contributed by atoms with Crippen molar-refractivity contribution in [3.8, 4) is 17.0 Å². The molecule has 0 radical (unpaired) electrons. The highest BCUT2D eigenvalue weighted by Gasteiger charge is 2.26. The number of amides is 1. The third-order valence-corrected chi connectivity index (χ3v) is 9.24. The number of methoxy groups -OCH3 is 1. The molecule has 218 valence electrons. The van der Waals surface area contributed by atoms with Crippen molar-refractivity contribution in [2.45, 2.75) is 51.6 Å². The van der Waals surface area contributed by atoms with E-state index in [2.05, 4.69) is 27.1 Å². The van der Waals surface area contributed by atoms with Crippen LogP contribution in [0.25, 0.3) is 11.3 Å². The standard InChI is InChI=1S/C28H32Cl2N6O4S/c1-16-5-3-4-8-36(16)15-22-24(18-11-19(29)25(40-2)20(30)12-18)33-28(41-22)34-26(37)21-13-32-23(14-31-21)35-9-6-17(7-10-35)27(38)39/h11-14,16-17H,3-10,15H2,1-2H3,(H,38,39)(H,33,34,37). The predicted molar refractivity (Wildman–Crippen MR) is 160 cm³/mol. The minimum Gasteiger partial charge on any atom is -0.494 e. The van der Waals surface area contributed by atoms with Crippen molar-refractivity contribution >= 4 is 57.4 Å². The average Bonchev–Trinajstić information content (AvgIpc) is 3.36. The molecule has 2 aliphatic heterocycles. The van der Waals surface area contributed by atoms with E-state index in [0.29, 0.717) is 71.0 Å². The molecule has 3 aromatic rings. The van der Waals surface area contributed by atoms with Crippen LogP contribution < -0.4 is 15.0 Å². The van der Waals surface area contributed by atoms with E-state index >= 15 is 0 Å². The Morgan fingerprint density at radius 1 is 1.10 bits per heavy atom. The summed E-state index contributed by atoms with van der Waals surface area (Å²) in [4.78, 5) is 43.3. The number of nitrogens with zero attached hydrogens (tertiary/aromatic N) is 5. The molecule has 1 atom stereocenters. The Balaban J connectivity index is 1.35. The lowest BCUT2D eigenvalue weighted by Gasteiger charge is -2.33. The first kappa shape index (κ1) is 29.5. The number of hydrogen-bond acceptors (Lipinski definition) is 9. The molecule has 0 spiro atoms. The third-order valence-electron chi connectivity index (χ3n) is 7.72. The van der Waals surface area contributed by atoms with Gasteiger partial charge in [-0.2, -0.15) is 0 Å². The molecule has 0 bridgehead atoms. The maximum Gasteiger partial charge on any atom is 0.306 e. The lowest BCUT2D eigenvalue weighted by Crippen LogP contribution is -2.36. The Kier molecular flexibility index (Phi) is 9.28. The first-order valence-electron chi connectivity index (χ1n) is 13.6. The van der Waals surface area contributed by atoms with Crippen molar-refractivity contribution in [1.29, 1.82) is 0 Å². The number of carbonyl (C=O) groups is 2. The SMILES string of the molecule is COc1c(Cl)cc(-c2nc(NC(=O)c3cnc(N4CCC(C(=O)O)CC4)cn3)sc2CN2CCCCC2C)cc1Cl. The Labute approximate surface area is 252 Å². The van der Waals surface area contributed by atoms with Gasteiger partial charge in [0.15, 0.2) is 10.9 Å². The van der Waals surface area contributed by atoms with Crippen molar-refractivity contribution in [3.05, 3.63) is 45.1 Å². The van der Waals surface area contributed by atoms with Gasteiger partial charge in [-0.15, -0.1) is 0 Å². The number of halogens is 2. The Hall–Kier alpha value is -2.99. The summed E-state index contributed by atoms with van der Waals surface area (Å²) in [6.07, 6.45) is 7.59. The summed E-state index contributed by atoms with van der Waals surface area (Å²) < 4.78 is 5.31. The van der Waals surface area contributed by atoms with Gasteiger partial charge in [0.2, 0.25) is 0 Å². The highest BCUT2D eigenvalue weighted by molar-refractivity contribution is 7.16. The summed E-state index contributed by atoms with van der Waals surface area (Å²) in [6, 6.07) is 4.00. The fraction of sp³-hybridized carbons (Fsp3) is 0.464. The maximum atomic E-state index is 13.1. The number of hydrogen-bond donors (Lipinski definition) is 2. The van der Waals surface area contributed by atoms with Gasteiger partial charge in [-0.1, -0.05) is 41.0 Å². The molecule has 4 heterocycles. The first-order valence-corrected chi connectivity index (χ1v) is 15.2. The maximum absolute atomic E-state index is 13.1. The van der Waals surface area contributed by atoms with E-state index in [1.54, 1.807) is 18.3 Å². The van der Waals surface area contributed by atoms with Gasteiger partial charge in [0.05, 0.1) is 41.2 Å². The normalized spacial score (nSPS) is 18.3. The molecule has 1 aromatic carbocycles. The zero-order valence-electron chi connectivity index (χ0n) is 22.9. The van der Waals surface area contributed by atoms with Gasteiger partial charge in [-0.05, 0) is 51.3 Å². The van der Waals surface area contributed by atoms with Crippen LogP contribution >= 0.6 is 34.5 Å². The van der Waals surface area contributed by atoms with Gasteiger partial charge in [-0.3, -0.25) is 19.8 Å². The average molecular weight is 620 g/mol. The topological polar surface area (TPSA) is 121 Å². The number of ether oxygens (including phenoxy) is 1. The summed E-state index contributed by atoms with van der Waals surface area (Å²) in [5, 5.41) is 13.3. The second kappa shape index (κ2) is 12.9. The Morgan fingerprint density at radius 3 is 2.44 bits per heavy atom. The largest absolute Gasteiger partial charge is 0.494 e. The first-order chi connectivity index (χ1) is 19.7. The molecule has 10 nitrogen and oxygen atoms in total. The molecule has 13 heteroatoms. The number of carboxylic acid groups (broad SMARTS) is 1. The molecular formula is C28H32Cl2N6O4S. The van der Waals surface area contributed by atoms with Crippen LogP contribution in [0, 0.1) is 5.92 Å². The summed E-state index contributed by atoms with van der Waals surface area (Å²) in [5.41, 5.74) is 1.61. The number of carbonyl (C=O) groups excluding carboxylic acids is 1. The highest BCUT2D eigenvalue weighted by Crippen LogP contribution is 2.40. The molecule has 2 N–H and O–H groups in total. The van der Waals surface area contributed by atoms with Gasteiger partial charge in [0, 0.05) is 36.1 Å². The van der Waals surface area contributed by atoms with Gasteiger partial charge < -0.3 is 14.7 Å². The fourth-order valence-corrected chi connectivity index (χ4v) is 6.97. The van der Waals surface area contributed by atoms with E-state index in [4.69, 9.17) is 32.9 Å². The van der Waals surface area contributed by atoms with E-state index in [1.165, 1.54) is 31.1 Å². The van der Waals surface area contributed by atoms with Crippen LogP contribution in [-0.2, 0) is 11.3 Å². The molecular weight excluding hydrogens is 587 g/mol. The molecule has 41 heavy (non-hydrogen) atoms. The molecule has 1 unspecified atom stereocenters. The van der Waals surface area contributed by atoms with Crippen molar-refractivity contribution in [2.24, 2.45) is 5.92 Å². The van der Waals surface area contributed by atoms with Crippen molar-refractivity contribution in [3.63, 3.8) is 0 Å². The number of thiazole rings is 1. The summed E-state index contributed by atoms with van der Waals surface area (Å²) in [6.45, 7) is 5.09. The quantitative estimate of drug-likeness (QED) is 0.320. The number of nitrogens with one attached hydrogen (secondary N) is 1. The van der Waals surface area contributed by atoms with Crippen molar-refractivity contribution in [1.82, 2.24) is 19.9 Å². The minimum absolute atomic E-state index is 0.160. The van der Waals surface area contributed by atoms with Crippen LogP contribution in [0.15, 0.2) is 24.5 Å². The Bertz CT molecular complexity index is 1390. The fourth-order valence-electron chi connectivity index (χ4n) is 5.32. The van der Waals surface area contributed by atoms with Crippen LogP contribution in [0.2, 0.25) is 10.0 Å². The van der Waals surface area contributed by atoms with Gasteiger partial charge in [-0.25, -0.2) is 15.0 Å². The number of rotatable bonds is 8. The van der Waals surface area contributed by atoms with Crippen LogP contribution in [0.5, 0.6) is 5.75 Å². The predicted octanol–water partition coefficient (Wildman–Crippen LogP) is 5.84. The highest BCUT2D eigenvalue weighted by atomic mass is 35.5. The minimum atomic E-state index is -0.764. The molecule has 2 saturated heterocycles. The smallest absolute Gasteiger partial charge is 0.306 e. The number of carboxylic acids is 1. The zero-order chi connectivity index (χ0) is 29.1. The lowest BCUT2D eigenvalue weighted by molar-refractivity contribution is -0.142. The van der Waals surface area contributed by atoms with Crippen LogP contribution in [0.3, 0.4) is 0 Å². The second-order valence-electron chi connectivity index (χ2n) is 10.4. The molecule has 2 fully saturated rings. The second-order valence-corrected chi connectivity index (χ2v) is 12.3. The number of anilines is 2. The number of piperidine rings is 2. The van der Waals surface area contributed by atoms with E-state index in [-0.39, 0.29) is 11.6 Å². The number of likely N-dealkylation sites (tertiary alicyclic amines) is 1. The van der Waals surface area contributed by atoms with Crippen LogP contribution in [0.4, 0.5) is 10.9 Å². The molecule has 2 aliphatic rings. The Morgan fingerprint density at radius 2 is 1.83 bits per heavy atom. The summed E-state index contributed by atoms with van der Waals surface area (Å²) in [7, 11) is 1.52.